The molecule has 3 aromatic rings. The Bertz CT molecular complexity index is 1050. The predicted molar refractivity (Wildman–Crippen MR) is 108 cm³/mol. The molecule has 1 unspecified atom stereocenters. The number of ether oxygens (including phenoxy) is 2. The van der Waals surface area contributed by atoms with Crippen molar-refractivity contribution in [1.82, 2.24) is 5.01 Å². The zero-order valence-corrected chi connectivity index (χ0v) is 16.4. The molecule has 0 aliphatic carbocycles. The zero-order chi connectivity index (χ0) is 19.0. The van der Waals surface area contributed by atoms with Crippen LogP contribution in [-0.2, 0) is 9.53 Å². The van der Waals surface area contributed by atoms with Crippen molar-refractivity contribution in [3.63, 3.8) is 0 Å². The summed E-state index contributed by atoms with van der Waals surface area (Å²) in [7, 11) is 1.61. The van der Waals surface area contributed by atoms with Crippen molar-refractivity contribution in [2.75, 3.05) is 7.11 Å². The van der Waals surface area contributed by atoms with Gasteiger partial charge in [-0.1, -0.05) is 46.3 Å². The third-order valence-corrected chi connectivity index (χ3v) is 4.98. The van der Waals surface area contributed by atoms with Crippen LogP contribution >= 0.6 is 15.9 Å². The van der Waals surface area contributed by atoms with Gasteiger partial charge in [-0.25, -0.2) is 0 Å². The van der Waals surface area contributed by atoms with Crippen molar-refractivity contribution in [3.05, 3.63) is 76.3 Å². The summed E-state index contributed by atoms with van der Waals surface area (Å²) in [5.41, 5.74) is 1.58. The summed E-state index contributed by atoms with van der Waals surface area (Å²) in [5, 5.41) is 7.80. The van der Waals surface area contributed by atoms with E-state index in [-0.39, 0.29) is 5.91 Å². The molecular formula is C21H17BrN2O3. The minimum atomic E-state index is -0.692. The lowest BCUT2D eigenvalue weighted by Gasteiger charge is -2.23. The van der Waals surface area contributed by atoms with Gasteiger partial charge in [0.05, 0.1) is 12.7 Å². The molecule has 6 heteroatoms. The van der Waals surface area contributed by atoms with Crippen LogP contribution in [0.15, 0.2) is 70.2 Å². The van der Waals surface area contributed by atoms with Crippen LogP contribution in [0.2, 0.25) is 0 Å². The minimum absolute atomic E-state index is 0.206. The van der Waals surface area contributed by atoms with Gasteiger partial charge in [0, 0.05) is 17.0 Å². The number of benzene rings is 3. The average Bonchev–Trinajstić information content (AvgIpc) is 3.13. The minimum Gasteiger partial charge on any atom is -0.496 e. The van der Waals surface area contributed by atoms with Gasteiger partial charge >= 0.3 is 0 Å². The summed E-state index contributed by atoms with van der Waals surface area (Å²) < 4.78 is 12.7. The molecule has 27 heavy (non-hydrogen) atoms. The van der Waals surface area contributed by atoms with Crippen LogP contribution in [0, 0.1) is 0 Å². The molecule has 0 radical (unpaired) electrons. The van der Waals surface area contributed by atoms with Gasteiger partial charge < -0.3 is 9.47 Å². The highest BCUT2D eigenvalue weighted by Gasteiger charge is 2.36. The molecule has 4 rings (SSSR count). The van der Waals surface area contributed by atoms with Gasteiger partial charge in [0.2, 0.25) is 18.0 Å². The molecule has 3 aromatic carbocycles. The van der Waals surface area contributed by atoms with E-state index in [4.69, 9.17) is 9.47 Å². The van der Waals surface area contributed by atoms with Gasteiger partial charge in [-0.05, 0) is 41.1 Å². The van der Waals surface area contributed by atoms with E-state index in [9.17, 15) is 4.79 Å². The predicted octanol–water partition coefficient (Wildman–Crippen LogP) is 4.85. The van der Waals surface area contributed by atoms with E-state index in [1.54, 1.807) is 7.11 Å². The van der Waals surface area contributed by atoms with Crippen LogP contribution in [0.1, 0.15) is 24.3 Å². The smallest absolute Gasteiger partial charge is 0.243 e. The number of hydrogen-bond donors (Lipinski definition) is 0. The maximum absolute atomic E-state index is 12.3. The fourth-order valence-corrected chi connectivity index (χ4v) is 3.44. The molecule has 0 saturated carbocycles. The largest absolute Gasteiger partial charge is 0.496 e. The Kier molecular flexibility index (Phi) is 4.58. The number of methoxy groups -OCH3 is 1. The highest BCUT2D eigenvalue weighted by Crippen LogP contribution is 2.40. The Morgan fingerprint density at radius 1 is 1.11 bits per heavy atom. The maximum atomic E-state index is 12.3. The van der Waals surface area contributed by atoms with Gasteiger partial charge in [0.15, 0.2) is 0 Å². The second-order valence-electron chi connectivity index (χ2n) is 6.15. The lowest BCUT2D eigenvalue weighted by atomic mass is 10.0. The first kappa shape index (κ1) is 17.5. The third kappa shape index (κ3) is 3.17. The molecule has 1 aliphatic rings. The molecule has 1 aliphatic heterocycles. The SMILES string of the molecule is COc1ccc2ccccc2c1C1OC(c2ccc(Br)cc2)=NN1C(C)=O. The van der Waals surface area contributed by atoms with Gasteiger partial charge in [-0.3, -0.25) is 4.79 Å². The fraction of sp³-hybridized carbons (Fsp3) is 0.143. The van der Waals surface area contributed by atoms with E-state index in [0.29, 0.717) is 11.6 Å². The van der Waals surface area contributed by atoms with Gasteiger partial charge in [-0.2, -0.15) is 5.01 Å². The molecule has 0 saturated heterocycles. The summed E-state index contributed by atoms with van der Waals surface area (Å²) in [5.74, 6) is 0.844. The number of fused-ring (bicyclic) bond motifs is 1. The second kappa shape index (κ2) is 7.04. The first-order valence-corrected chi connectivity index (χ1v) is 9.24. The van der Waals surface area contributed by atoms with Crippen LogP contribution < -0.4 is 4.74 Å². The van der Waals surface area contributed by atoms with Gasteiger partial charge in [-0.15, -0.1) is 5.10 Å². The number of amides is 1. The molecule has 1 atom stereocenters. The Labute approximate surface area is 165 Å². The normalized spacial score (nSPS) is 16.2. The molecule has 136 valence electrons. The Balaban J connectivity index is 1.83. The number of carbonyl (C=O) groups excluding carboxylic acids is 1. The van der Waals surface area contributed by atoms with Gasteiger partial charge in [0.25, 0.3) is 0 Å². The van der Waals surface area contributed by atoms with Crippen molar-refractivity contribution in [3.8, 4) is 5.75 Å². The van der Waals surface area contributed by atoms with Gasteiger partial charge in [0.1, 0.15) is 5.75 Å². The van der Waals surface area contributed by atoms with E-state index < -0.39 is 6.23 Å². The Morgan fingerprint density at radius 3 is 2.56 bits per heavy atom. The molecule has 1 heterocycles. The number of carbonyl (C=O) groups is 1. The van der Waals surface area contributed by atoms with E-state index >= 15 is 0 Å². The summed E-state index contributed by atoms with van der Waals surface area (Å²) in [6.45, 7) is 1.47. The van der Waals surface area contributed by atoms with Crippen LogP contribution in [0.4, 0.5) is 0 Å². The summed E-state index contributed by atoms with van der Waals surface area (Å²) in [4.78, 5) is 12.3. The van der Waals surface area contributed by atoms with E-state index in [2.05, 4.69) is 21.0 Å². The van der Waals surface area contributed by atoms with Crippen LogP contribution in [0.3, 0.4) is 0 Å². The van der Waals surface area contributed by atoms with E-state index in [1.807, 2.05) is 60.7 Å². The molecular weight excluding hydrogens is 408 g/mol. The molecule has 0 aromatic heterocycles. The number of nitrogens with zero attached hydrogens (tertiary/aromatic N) is 2. The van der Waals surface area contributed by atoms with E-state index in [0.717, 1.165) is 26.4 Å². The lowest BCUT2D eigenvalue weighted by molar-refractivity contribution is -0.135. The van der Waals surface area contributed by atoms with Crippen LogP contribution in [0.5, 0.6) is 5.75 Å². The summed E-state index contributed by atoms with van der Waals surface area (Å²) >= 11 is 3.42. The van der Waals surface area contributed by atoms with E-state index in [1.165, 1.54) is 11.9 Å². The Hall–Kier alpha value is -2.86. The zero-order valence-electron chi connectivity index (χ0n) is 14.8. The maximum Gasteiger partial charge on any atom is 0.243 e. The highest BCUT2D eigenvalue weighted by molar-refractivity contribution is 9.10. The number of rotatable bonds is 3. The monoisotopic (exact) mass is 424 g/mol. The molecule has 5 nitrogen and oxygen atoms in total. The average molecular weight is 425 g/mol. The van der Waals surface area contributed by atoms with Crippen molar-refractivity contribution in [2.45, 2.75) is 13.2 Å². The molecule has 0 N–H and O–H groups in total. The molecule has 0 bridgehead atoms. The topological polar surface area (TPSA) is 51.1 Å². The van der Waals surface area contributed by atoms with Crippen molar-refractivity contribution < 1.29 is 14.3 Å². The Morgan fingerprint density at radius 2 is 1.85 bits per heavy atom. The number of halogens is 1. The number of hydrazone groups is 1. The van der Waals surface area contributed by atoms with Crippen molar-refractivity contribution in [2.24, 2.45) is 5.10 Å². The van der Waals surface area contributed by atoms with Crippen LogP contribution in [0.25, 0.3) is 10.8 Å². The second-order valence-corrected chi connectivity index (χ2v) is 7.06. The molecule has 0 spiro atoms. The molecule has 0 fully saturated rings. The summed E-state index contributed by atoms with van der Waals surface area (Å²) in [6, 6.07) is 19.4. The fourth-order valence-electron chi connectivity index (χ4n) is 3.17. The number of hydrogen-bond acceptors (Lipinski definition) is 4. The highest BCUT2D eigenvalue weighted by atomic mass is 79.9. The van der Waals surface area contributed by atoms with Crippen molar-refractivity contribution in [1.29, 1.82) is 0 Å². The lowest BCUT2D eigenvalue weighted by Crippen LogP contribution is -2.25. The molecule has 1 amide bonds. The first-order chi connectivity index (χ1) is 13.1. The first-order valence-electron chi connectivity index (χ1n) is 8.45. The summed E-state index contributed by atoms with van der Waals surface area (Å²) in [6.07, 6.45) is -0.692. The third-order valence-electron chi connectivity index (χ3n) is 4.46. The van der Waals surface area contributed by atoms with Crippen molar-refractivity contribution >= 4 is 38.5 Å². The standard InChI is InChI=1S/C21H17BrN2O3/c1-13(25)24-21(27-20(23-24)15-7-10-16(22)11-8-15)19-17-6-4-3-5-14(17)9-12-18(19)26-2/h3-12,21H,1-2H3. The quantitative estimate of drug-likeness (QED) is 0.603. The van der Waals surface area contributed by atoms with Crippen LogP contribution in [-0.4, -0.2) is 23.9 Å².